The number of hydrogen-bond acceptors (Lipinski definition) is 6. The van der Waals surface area contributed by atoms with Gasteiger partial charge in [0.05, 0.1) is 11.6 Å². The van der Waals surface area contributed by atoms with Crippen molar-refractivity contribution in [3.8, 4) is 11.1 Å². The van der Waals surface area contributed by atoms with Crippen LogP contribution >= 0.6 is 0 Å². The number of rotatable bonds is 11. The molecule has 210 valence electrons. The molecule has 3 aromatic carbocycles. The Morgan fingerprint density at radius 1 is 0.854 bits per heavy atom. The average Bonchev–Trinajstić information content (AvgIpc) is 3.66. The third kappa shape index (κ3) is 7.00. The first-order chi connectivity index (χ1) is 20.1. The van der Waals surface area contributed by atoms with Gasteiger partial charge in [0.2, 0.25) is 0 Å². The van der Waals surface area contributed by atoms with Crippen LogP contribution in [0, 0.1) is 0 Å². The topological polar surface area (TPSA) is 112 Å². The van der Waals surface area contributed by atoms with Gasteiger partial charge in [0.1, 0.15) is 19.5 Å². The van der Waals surface area contributed by atoms with Crippen LogP contribution in [0.4, 0.5) is 9.59 Å². The number of unbranched alkanes of at least 4 members (excludes halogenated alkanes) is 1. The summed E-state index contributed by atoms with van der Waals surface area (Å²) in [6.45, 7) is 0.647. The summed E-state index contributed by atoms with van der Waals surface area (Å²) in [5, 5.41) is 5.71. The minimum absolute atomic E-state index is 0.000676. The van der Waals surface area contributed by atoms with E-state index < -0.39 is 18.1 Å². The quantitative estimate of drug-likeness (QED) is 0.191. The fraction of sp³-hybridized carbons (Fsp3) is 0.250. The van der Waals surface area contributed by atoms with E-state index in [2.05, 4.69) is 39.9 Å². The van der Waals surface area contributed by atoms with Gasteiger partial charge in [0, 0.05) is 24.9 Å². The molecule has 5 rings (SSSR count). The Bertz CT molecular complexity index is 1430. The Hall–Kier alpha value is -4.92. The number of ether oxygens (including phenoxy) is 2. The van der Waals surface area contributed by atoms with E-state index in [4.69, 9.17) is 9.47 Å². The Kier molecular flexibility index (Phi) is 9.05. The normalized spacial score (nSPS) is 12.6. The first-order valence-corrected chi connectivity index (χ1v) is 13.7. The lowest BCUT2D eigenvalue weighted by Crippen LogP contribution is -2.39. The number of aromatic nitrogens is 2. The molecule has 2 amide bonds. The SMILES string of the molecule is O=C(NC(CCCCNC(=O)n1ccnc1)COC(=O)c1ccccc1)OCC1c2ccccc2-c2ccccc21. The van der Waals surface area contributed by atoms with E-state index in [1.54, 1.807) is 30.5 Å². The minimum atomic E-state index is -0.568. The lowest BCUT2D eigenvalue weighted by Gasteiger charge is -2.20. The van der Waals surface area contributed by atoms with Crippen LogP contribution in [0.3, 0.4) is 0 Å². The summed E-state index contributed by atoms with van der Waals surface area (Å²) in [5.41, 5.74) is 5.01. The molecule has 1 heterocycles. The van der Waals surface area contributed by atoms with E-state index in [1.807, 2.05) is 30.3 Å². The molecule has 4 aromatic rings. The lowest BCUT2D eigenvalue weighted by molar-refractivity contribution is 0.0451. The fourth-order valence-corrected chi connectivity index (χ4v) is 5.02. The van der Waals surface area contributed by atoms with Gasteiger partial charge in [-0.1, -0.05) is 66.7 Å². The summed E-state index contributed by atoms with van der Waals surface area (Å²) in [7, 11) is 0. The summed E-state index contributed by atoms with van der Waals surface area (Å²) in [4.78, 5) is 41.4. The van der Waals surface area contributed by atoms with Crippen LogP contribution in [0.25, 0.3) is 11.1 Å². The predicted octanol–water partition coefficient (Wildman–Crippen LogP) is 5.38. The van der Waals surface area contributed by atoms with E-state index in [9.17, 15) is 14.4 Å². The van der Waals surface area contributed by atoms with Crippen molar-refractivity contribution in [2.45, 2.75) is 31.2 Å². The van der Waals surface area contributed by atoms with Crippen LogP contribution in [0.5, 0.6) is 0 Å². The van der Waals surface area contributed by atoms with Gasteiger partial charge in [-0.3, -0.25) is 4.57 Å². The van der Waals surface area contributed by atoms with Gasteiger partial charge in [-0.15, -0.1) is 0 Å². The molecule has 0 fully saturated rings. The van der Waals surface area contributed by atoms with Crippen molar-refractivity contribution in [2.24, 2.45) is 0 Å². The number of nitrogens with zero attached hydrogens (tertiary/aromatic N) is 2. The molecule has 0 spiro atoms. The van der Waals surface area contributed by atoms with E-state index in [1.165, 1.54) is 17.1 Å². The monoisotopic (exact) mass is 552 g/mol. The molecule has 0 aliphatic heterocycles. The maximum Gasteiger partial charge on any atom is 0.407 e. The number of carbonyl (C=O) groups is 3. The molecule has 41 heavy (non-hydrogen) atoms. The number of esters is 1. The molecule has 0 bridgehead atoms. The Labute approximate surface area is 238 Å². The van der Waals surface area contributed by atoms with Crippen molar-refractivity contribution >= 4 is 18.1 Å². The average molecular weight is 553 g/mol. The van der Waals surface area contributed by atoms with Crippen molar-refractivity contribution in [1.82, 2.24) is 20.2 Å². The fourth-order valence-electron chi connectivity index (χ4n) is 5.02. The molecular weight excluding hydrogens is 520 g/mol. The summed E-state index contributed by atoms with van der Waals surface area (Å²) < 4.78 is 12.6. The third-order valence-corrected chi connectivity index (χ3v) is 7.09. The van der Waals surface area contributed by atoms with Crippen molar-refractivity contribution in [3.63, 3.8) is 0 Å². The molecule has 0 saturated carbocycles. The number of fused-ring (bicyclic) bond motifs is 3. The summed E-state index contributed by atoms with van der Waals surface area (Å²) in [6, 6.07) is 24.3. The molecule has 0 radical (unpaired) electrons. The Balaban J connectivity index is 1.15. The molecular formula is C32H32N4O5. The van der Waals surface area contributed by atoms with Crippen LogP contribution in [-0.2, 0) is 9.47 Å². The van der Waals surface area contributed by atoms with E-state index >= 15 is 0 Å². The van der Waals surface area contributed by atoms with Gasteiger partial charge < -0.3 is 20.1 Å². The van der Waals surface area contributed by atoms with Crippen LogP contribution < -0.4 is 10.6 Å². The number of benzene rings is 3. The standard InChI is InChI=1S/C32H32N4O5/c37-30(23-10-2-1-3-11-23)40-20-24(12-8-9-17-34-31(38)36-19-18-33-22-36)35-32(39)41-21-29-27-15-6-4-13-25(27)26-14-5-7-16-28(26)29/h1-7,10-11,13-16,18-19,22,24,29H,8-9,12,17,20-21H2,(H,34,38)(H,35,39). The molecule has 1 unspecified atom stereocenters. The molecule has 2 N–H and O–H groups in total. The first kappa shape index (κ1) is 27.6. The summed E-state index contributed by atoms with van der Waals surface area (Å²) in [5.74, 6) is -0.515. The van der Waals surface area contributed by atoms with E-state index in [0.717, 1.165) is 22.3 Å². The van der Waals surface area contributed by atoms with Crippen molar-refractivity contribution in [3.05, 3.63) is 114 Å². The predicted molar refractivity (Wildman–Crippen MR) is 154 cm³/mol. The van der Waals surface area contributed by atoms with Crippen molar-refractivity contribution < 1.29 is 23.9 Å². The number of nitrogens with one attached hydrogen (secondary N) is 2. The molecule has 1 atom stereocenters. The first-order valence-electron chi connectivity index (χ1n) is 13.7. The van der Waals surface area contributed by atoms with Crippen LogP contribution in [0.15, 0.2) is 97.6 Å². The van der Waals surface area contributed by atoms with Crippen molar-refractivity contribution in [1.29, 1.82) is 0 Å². The molecule has 1 aliphatic carbocycles. The Morgan fingerprint density at radius 3 is 2.22 bits per heavy atom. The number of imidazole rings is 1. The highest BCUT2D eigenvalue weighted by Crippen LogP contribution is 2.44. The molecule has 1 aliphatic rings. The zero-order valence-corrected chi connectivity index (χ0v) is 22.6. The minimum Gasteiger partial charge on any atom is -0.460 e. The highest BCUT2D eigenvalue weighted by Gasteiger charge is 2.29. The molecule has 0 saturated heterocycles. The second-order valence-corrected chi connectivity index (χ2v) is 9.83. The molecule has 9 nitrogen and oxygen atoms in total. The smallest absolute Gasteiger partial charge is 0.407 e. The van der Waals surface area contributed by atoms with Gasteiger partial charge in [0.25, 0.3) is 0 Å². The highest BCUT2D eigenvalue weighted by atomic mass is 16.6. The van der Waals surface area contributed by atoms with Gasteiger partial charge in [-0.25, -0.2) is 19.4 Å². The zero-order valence-electron chi connectivity index (χ0n) is 22.6. The number of hydrogen-bond donors (Lipinski definition) is 2. The second kappa shape index (κ2) is 13.4. The van der Waals surface area contributed by atoms with Gasteiger partial charge >= 0.3 is 18.1 Å². The zero-order chi connectivity index (χ0) is 28.4. The van der Waals surface area contributed by atoms with Gasteiger partial charge in [0.15, 0.2) is 0 Å². The third-order valence-electron chi connectivity index (χ3n) is 7.09. The molecule has 9 heteroatoms. The van der Waals surface area contributed by atoms with Crippen LogP contribution in [0.1, 0.15) is 46.7 Å². The summed E-state index contributed by atoms with van der Waals surface area (Å²) >= 11 is 0. The highest BCUT2D eigenvalue weighted by molar-refractivity contribution is 5.89. The second-order valence-electron chi connectivity index (χ2n) is 9.83. The van der Waals surface area contributed by atoms with Crippen LogP contribution in [0.2, 0.25) is 0 Å². The van der Waals surface area contributed by atoms with E-state index in [0.29, 0.717) is 31.4 Å². The Morgan fingerprint density at radius 2 is 1.54 bits per heavy atom. The number of amides is 2. The molecule has 1 aromatic heterocycles. The van der Waals surface area contributed by atoms with E-state index in [-0.39, 0.29) is 25.2 Å². The van der Waals surface area contributed by atoms with Gasteiger partial charge in [-0.2, -0.15) is 0 Å². The van der Waals surface area contributed by atoms with Crippen LogP contribution in [-0.4, -0.2) is 53.4 Å². The lowest BCUT2D eigenvalue weighted by atomic mass is 9.98. The van der Waals surface area contributed by atoms with Crippen molar-refractivity contribution in [2.75, 3.05) is 19.8 Å². The number of alkyl carbamates (subject to hydrolysis) is 1. The van der Waals surface area contributed by atoms with Gasteiger partial charge in [-0.05, 0) is 53.6 Å². The maximum absolute atomic E-state index is 12.9. The number of carbonyl (C=O) groups excluding carboxylic acids is 3. The largest absolute Gasteiger partial charge is 0.460 e. The maximum atomic E-state index is 12.9. The summed E-state index contributed by atoms with van der Waals surface area (Å²) in [6.07, 6.45) is 5.87.